The van der Waals surface area contributed by atoms with E-state index in [1.54, 1.807) is 13.1 Å². The van der Waals surface area contributed by atoms with Gasteiger partial charge in [0.2, 0.25) is 5.95 Å². The van der Waals surface area contributed by atoms with Crippen LogP contribution in [0.3, 0.4) is 0 Å². The SMILES string of the molecule is Cn1c(N)nc(CCc2cccc(-c3ccc4c(c3)OCCO4)c2)cc1=O. The van der Waals surface area contributed by atoms with Crippen molar-refractivity contribution in [2.45, 2.75) is 12.8 Å². The van der Waals surface area contributed by atoms with Crippen LogP contribution in [0.1, 0.15) is 11.3 Å². The van der Waals surface area contributed by atoms with Gasteiger partial charge >= 0.3 is 0 Å². The van der Waals surface area contributed by atoms with Gasteiger partial charge in [-0.15, -0.1) is 0 Å². The van der Waals surface area contributed by atoms with Gasteiger partial charge in [0.05, 0.1) is 5.69 Å². The fraction of sp³-hybridized carbons (Fsp3) is 0.238. The van der Waals surface area contributed by atoms with E-state index in [4.69, 9.17) is 15.2 Å². The number of rotatable bonds is 4. The molecule has 0 spiro atoms. The zero-order valence-electron chi connectivity index (χ0n) is 15.1. The van der Waals surface area contributed by atoms with Crippen LogP contribution in [0.2, 0.25) is 0 Å². The first-order chi connectivity index (χ1) is 13.1. The number of ether oxygens (including phenoxy) is 2. The van der Waals surface area contributed by atoms with Crippen LogP contribution in [0.4, 0.5) is 5.95 Å². The maximum atomic E-state index is 11.8. The summed E-state index contributed by atoms with van der Waals surface area (Å²) in [5.41, 5.74) is 9.71. The molecular weight excluding hydrogens is 342 g/mol. The molecule has 1 aromatic heterocycles. The van der Waals surface area contributed by atoms with Crippen molar-refractivity contribution in [3.63, 3.8) is 0 Å². The zero-order valence-corrected chi connectivity index (χ0v) is 15.1. The van der Waals surface area contributed by atoms with Gasteiger partial charge < -0.3 is 15.2 Å². The molecule has 138 valence electrons. The number of fused-ring (bicyclic) bond motifs is 1. The Morgan fingerprint density at radius 2 is 1.78 bits per heavy atom. The van der Waals surface area contributed by atoms with Crippen LogP contribution in [-0.2, 0) is 19.9 Å². The van der Waals surface area contributed by atoms with E-state index in [1.165, 1.54) is 10.1 Å². The molecule has 0 fully saturated rings. The van der Waals surface area contributed by atoms with Gasteiger partial charge in [0.15, 0.2) is 11.5 Å². The minimum absolute atomic E-state index is 0.137. The van der Waals surface area contributed by atoms with Crippen molar-refractivity contribution in [1.29, 1.82) is 0 Å². The largest absolute Gasteiger partial charge is 0.486 e. The Kier molecular flexibility index (Phi) is 4.54. The summed E-state index contributed by atoms with van der Waals surface area (Å²) in [6.07, 6.45) is 1.43. The zero-order chi connectivity index (χ0) is 18.8. The van der Waals surface area contributed by atoms with Crippen LogP contribution in [-0.4, -0.2) is 22.8 Å². The maximum Gasteiger partial charge on any atom is 0.254 e. The number of nitrogens with zero attached hydrogens (tertiary/aromatic N) is 2. The van der Waals surface area contributed by atoms with Crippen molar-refractivity contribution in [2.75, 3.05) is 18.9 Å². The third kappa shape index (κ3) is 3.65. The van der Waals surface area contributed by atoms with Gasteiger partial charge in [-0.3, -0.25) is 9.36 Å². The van der Waals surface area contributed by atoms with E-state index < -0.39 is 0 Å². The van der Waals surface area contributed by atoms with Crippen molar-refractivity contribution in [2.24, 2.45) is 7.05 Å². The first-order valence-electron chi connectivity index (χ1n) is 8.91. The molecule has 6 heteroatoms. The molecule has 1 aliphatic rings. The van der Waals surface area contributed by atoms with Gasteiger partial charge in [0.25, 0.3) is 5.56 Å². The van der Waals surface area contributed by atoms with Crippen LogP contribution >= 0.6 is 0 Å². The highest BCUT2D eigenvalue weighted by atomic mass is 16.6. The molecule has 1 aliphatic heterocycles. The molecule has 4 rings (SSSR count). The summed E-state index contributed by atoms with van der Waals surface area (Å²) in [7, 11) is 1.62. The monoisotopic (exact) mass is 363 g/mol. The number of benzene rings is 2. The molecule has 0 amide bonds. The van der Waals surface area contributed by atoms with Gasteiger partial charge in [-0.25, -0.2) is 4.98 Å². The van der Waals surface area contributed by atoms with Crippen molar-refractivity contribution < 1.29 is 9.47 Å². The van der Waals surface area contributed by atoms with E-state index in [0.29, 0.717) is 25.3 Å². The van der Waals surface area contributed by atoms with E-state index in [-0.39, 0.29) is 11.5 Å². The summed E-state index contributed by atoms with van der Waals surface area (Å²) < 4.78 is 12.6. The number of nitrogens with two attached hydrogens (primary N) is 1. The topological polar surface area (TPSA) is 79.4 Å². The summed E-state index contributed by atoms with van der Waals surface area (Å²) >= 11 is 0. The van der Waals surface area contributed by atoms with Gasteiger partial charge in [0, 0.05) is 13.1 Å². The van der Waals surface area contributed by atoms with Gasteiger partial charge in [-0.2, -0.15) is 0 Å². The third-order valence-electron chi connectivity index (χ3n) is 4.69. The normalized spacial score (nSPS) is 12.8. The average Bonchev–Trinajstić information content (AvgIpc) is 2.70. The summed E-state index contributed by atoms with van der Waals surface area (Å²) in [6.45, 7) is 1.16. The fourth-order valence-electron chi connectivity index (χ4n) is 3.14. The third-order valence-corrected chi connectivity index (χ3v) is 4.69. The van der Waals surface area contributed by atoms with Crippen LogP contribution in [0.15, 0.2) is 53.3 Å². The number of anilines is 1. The fourth-order valence-corrected chi connectivity index (χ4v) is 3.14. The lowest BCUT2D eigenvalue weighted by Crippen LogP contribution is -2.21. The highest BCUT2D eigenvalue weighted by Crippen LogP contribution is 2.34. The maximum absolute atomic E-state index is 11.8. The summed E-state index contributed by atoms with van der Waals surface area (Å²) in [5.74, 6) is 1.81. The van der Waals surface area contributed by atoms with Crippen LogP contribution in [0, 0.1) is 0 Å². The second kappa shape index (κ2) is 7.15. The predicted molar refractivity (Wildman–Crippen MR) is 104 cm³/mol. The van der Waals surface area contributed by atoms with Crippen molar-refractivity contribution in [3.8, 4) is 22.6 Å². The Bertz CT molecular complexity index is 1040. The molecule has 0 atom stereocenters. The quantitative estimate of drug-likeness (QED) is 0.771. The van der Waals surface area contributed by atoms with Crippen molar-refractivity contribution in [3.05, 3.63) is 70.1 Å². The second-order valence-corrected chi connectivity index (χ2v) is 6.56. The van der Waals surface area contributed by atoms with E-state index in [0.717, 1.165) is 29.0 Å². The Labute approximate surface area is 157 Å². The molecule has 3 aromatic rings. The molecular formula is C21H21N3O3. The number of aromatic nitrogens is 2. The minimum atomic E-state index is -0.137. The molecule has 27 heavy (non-hydrogen) atoms. The molecule has 0 saturated heterocycles. The number of hydrogen-bond donors (Lipinski definition) is 1. The van der Waals surface area contributed by atoms with Crippen LogP contribution in [0.25, 0.3) is 11.1 Å². The highest BCUT2D eigenvalue weighted by molar-refractivity contribution is 5.68. The Hall–Kier alpha value is -3.28. The van der Waals surface area contributed by atoms with Gasteiger partial charge in [0.1, 0.15) is 13.2 Å². The molecule has 2 heterocycles. The van der Waals surface area contributed by atoms with Gasteiger partial charge in [-0.05, 0) is 41.7 Å². The Balaban J connectivity index is 1.54. The summed E-state index contributed by atoms with van der Waals surface area (Å²) in [4.78, 5) is 16.1. The van der Waals surface area contributed by atoms with Crippen molar-refractivity contribution >= 4 is 5.95 Å². The summed E-state index contributed by atoms with van der Waals surface area (Å²) in [5, 5.41) is 0. The smallest absolute Gasteiger partial charge is 0.254 e. The van der Waals surface area contributed by atoms with Crippen LogP contribution in [0.5, 0.6) is 11.5 Å². The minimum Gasteiger partial charge on any atom is -0.486 e. The molecule has 6 nitrogen and oxygen atoms in total. The molecule has 0 saturated carbocycles. The van der Waals surface area contributed by atoms with Crippen molar-refractivity contribution in [1.82, 2.24) is 9.55 Å². The first kappa shape index (κ1) is 17.1. The molecule has 2 aromatic carbocycles. The lowest BCUT2D eigenvalue weighted by Gasteiger charge is -2.19. The van der Waals surface area contributed by atoms with Gasteiger partial charge in [-0.1, -0.05) is 30.3 Å². The van der Waals surface area contributed by atoms with E-state index in [9.17, 15) is 4.79 Å². The standard InChI is InChI=1S/C21H21N3O3/c1-24-20(25)13-17(23-21(24)22)7-5-14-3-2-4-15(11-14)16-6-8-18-19(12-16)27-10-9-26-18/h2-4,6,8,11-13H,5,7,9-10H2,1H3,(H2,22,23). The lowest BCUT2D eigenvalue weighted by molar-refractivity contribution is 0.171. The molecule has 0 bridgehead atoms. The molecule has 2 N–H and O–H groups in total. The summed E-state index contributed by atoms with van der Waals surface area (Å²) in [6, 6.07) is 15.9. The van der Waals surface area contributed by atoms with E-state index in [2.05, 4.69) is 23.2 Å². The molecule has 0 unspecified atom stereocenters. The average molecular weight is 363 g/mol. The lowest BCUT2D eigenvalue weighted by atomic mass is 10.00. The highest BCUT2D eigenvalue weighted by Gasteiger charge is 2.12. The predicted octanol–water partition coefficient (Wildman–Crippen LogP) is 2.59. The number of hydrogen-bond acceptors (Lipinski definition) is 5. The van der Waals surface area contributed by atoms with E-state index in [1.807, 2.05) is 24.3 Å². The van der Waals surface area contributed by atoms with Crippen LogP contribution < -0.4 is 20.8 Å². The number of aryl methyl sites for hydroxylation is 2. The number of nitrogen functional groups attached to an aromatic ring is 1. The first-order valence-corrected chi connectivity index (χ1v) is 8.91. The Morgan fingerprint density at radius 1 is 1.00 bits per heavy atom. The Morgan fingerprint density at radius 3 is 2.59 bits per heavy atom. The molecule has 0 radical (unpaired) electrons. The molecule has 0 aliphatic carbocycles. The second-order valence-electron chi connectivity index (χ2n) is 6.56. The van der Waals surface area contributed by atoms with E-state index >= 15 is 0 Å².